The summed E-state index contributed by atoms with van der Waals surface area (Å²) in [6, 6.07) is 3.20. The molecular weight excluding hydrogens is 330 g/mol. The first-order chi connectivity index (χ1) is 11.5. The molecule has 2 rings (SSSR count). The summed E-state index contributed by atoms with van der Waals surface area (Å²) in [6.45, 7) is 1.51. The van der Waals surface area contributed by atoms with Crippen LogP contribution in [0.15, 0.2) is 22.9 Å². The first kappa shape index (κ1) is 18.1. The van der Waals surface area contributed by atoms with Gasteiger partial charge in [-0.3, -0.25) is 9.59 Å². The normalized spacial score (nSPS) is 12.0. The molecule has 0 aromatic carbocycles. The molecule has 2 heterocycles. The van der Waals surface area contributed by atoms with Crippen molar-refractivity contribution in [3.05, 3.63) is 24.2 Å². The van der Waals surface area contributed by atoms with E-state index in [1.54, 1.807) is 11.8 Å². The summed E-state index contributed by atoms with van der Waals surface area (Å²) in [5, 5.41) is 9.28. The fourth-order valence-electron chi connectivity index (χ4n) is 2.16. The minimum atomic E-state index is -0.565. The van der Waals surface area contributed by atoms with Crippen molar-refractivity contribution in [2.45, 2.75) is 25.9 Å². The molecule has 24 heavy (non-hydrogen) atoms. The van der Waals surface area contributed by atoms with Gasteiger partial charge in [-0.25, -0.2) is 0 Å². The van der Waals surface area contributed by atoms with Gasteiger partial charge >= 0.3 is 0 Å². The second-order valence-corrected chi connectivity index (χ2v) is 6.25. The summed E-state index contributed by atoms with van der Waals surface area (Å²) in [6.07, 6.45) is 4.40. The van der Waals surface area contributed by atoms with Gasteiger partial charge in [0, 0.05) is 20.2 Å². The third-order valence-corrected chi connectivity index (χ3v) is 4.00. The largest absolute Gasteiger partial charge is 0.348 e. The van der Waals surface area contributed by atoms with Crippen molar-refractivity contribution in [1.82, 2.24) is 25.3 Å². The lowest BCUT2D eigenvalue weighted by Crippen LogP contribution is -2.46. The lowest BCUT2D eigenvalue weighted by molar-refractivity contribution is -0.128. The first-order valence-electron chi connectivity index (χ1n) is 7.49. The molecule has 0 aliphatic rings. The molecule has 1 unspecified atom stereocenters. The minimum absolute atomic E-state index is 0.117. The van der Waals surface area contributed by atoms with Crippen LogP contribution < -0.4 is 10.6 Å². The molecule has 0 aliphatic heterocycles. The topological polar surface area (TPSA) is 102 Å². The van der Waals surface area contributed by atoms with Crippen LogP contribution in [0.3, 0.4) is 0 Å². The van der Waals surface area contributed by atoms with Crippen LogP contribution in [0.25, 0.3) is 11.5 Å². The lowest BCUT2D eigenvalue weighted by Gasteiger charge is -2.16. The second-order valence-electron chi connectivity index (χ2n) is 5.27. The minimum Gasteiger partial charge on any atom is -0.348 e. The molecule has 2 aromatic heterocycles. The Morgan fingerprint density at radius 2 is 2.25 bits per heavy atom. The molecule has 1 atom stereocenters. The maximum atomic E-state index is 12.2. The molecule has 8 nitrogen and oxygen atoms in total. The predicted molar refractivity (Wildman–Crippen MR) is 91.2 cm³/mol. The summed E-state index contributed by atoms with van der Waals surface area (Å²) in [5.41, 5.74) is 0.826. The van der Waals surface area contributed by atoms with Gasteiger partial charge in [-0.2, -0.15) is 16.7 Å². The highest BCUT2D eigenvalue weighted by atomic mass is 32.2. The number of nitrogens with one attached hydrogen (secondary N) is 2. The van der Waals surface area contributed by atoms with Gasteiger partial charge in [-0.05, 0) is 30.6 Å². The number of aromatic nitrogens is 3. The Hall–Kier alpha value is -2.29. The third-order valence-electron chi connectivity index (χ3n) is 3.36. The van der Waals surface area contributed by atoms with Gasteiger partial charge in [-0.15, -0.1) is 0 Å². The van der Waals surface area contributed by atoms with E-state index in [2.05, 4.69) is 20.8 Å². The van der Waals surface area contributed by atoms with E-state index in [9.17, 15) is 9.59 Å². The SMILES string of the molecule is CSCCC(NC(C)=O)C(=O)NCc1nc(-c2cccn2C)no1. The average molecular weight is 351 g/mol. The molecule has 2 N–H and O–H groups in total. The van der Waals surface area contributed by atoms with Crippen LogP contribution in [0, 0.1) is 0 Å². The van der Waals surface area contributed by atoms with Gasteiger partial charge in [-0.1, -0.05) is 5.16 Å². The number of hydrogen-bond acceptors (Lipinski definition) is 6. The summed E-state index contributed by atoms with van der Waals surface area (Å²) >= 11 is 1.62. The van der Waals surface area contributed by atoms with E-state index in [4.69, 9.17) is 4.52 Å². The number of hydrogen-bond donors (Lipinski definition) is 2. The zero-order valence-corrected chi connectivity index (χ0v) is 14.7. The molecular formula is C15H21N5O3S. The van der Waals surface area contributed by atoms with E-state index in [1.807, 2.05) is 36.2 Å². The second kappa shape index (κ2) is 8.53. The predicted octanol–water partition coefficient (Wildman–Crippen LogP) is 0.949. The Morgan fingerprint density at radius 1 is 1.46 bits per heavy atom. The zero-order chi connectivity index (χ0) is 17.5. The van der Waals surface area contributed by atoms with Crippen LogP contribution in [0.4, 0.5) is 0 Å². The molecule has 0 fully saturated rings. The van der Waals surface area contributed by atoms with Crippen molar-refractivity contribution in [2.24, 2.45) is 7.05 Å². The summed E-state index contributed by atoms with van der Waals surface area (Å²) in [5.74, 6) is 1.05. The van der Waals surface area contributed by atoms with Gasteiger partial charge in [0.2, 0.25) is 23.5 Å². The van der Waals surface area contributed by atoms with Crippen molar-refractivity contribution in [1.29, 1.82) is 0 Å². The number of thioether (sulfide) groups is 1. The van der Waals surface area contributed by atoms with E-state index in [0.717, 1.165) is 11.4 Å². The Labute approximate surface area is 144 Å². The van der Waals surface area contributed by atoms with Gasteiger partial charge in [0.1, 0.15) is 6.04 Å². The van der Waals surface area contributed by atoms with Crippen molar-refractivity contribution >= 4 is 23.6 Å². The Bertz CT molecular complexity index is 697. The highest BCUT2D eigenvalue weighted by Crippen LogP contribution is 2.15. The van der Waals surface area contributed by atoms with Gasteiger partial charge in [0.05, 0.1) is 12.2 Å². The molecule has 0 saturated heterocycles. The van der Waals surface area contributed by atoms with Crippen LogP contribution in [0.5, 0.6) is 0 Å². The van der Waals surface area contributed by atoms with Crippen LogP contribution in [-0.2, 0) is 23.2 Å². The van der Waals surface area contributed by atoms with Crippen LogP contribution >= 0.6 is 11.8 Å². The van der Waals surface area contributed by atoms with Crippen LogP contribution in [-0.4, -0.2) is 44.6 Å². The molecule has 0 spiro atoms. The van der Waals surface area contributed by atoms with Crippen molar-refractivity contribution in [3.63, 3.8) is 0 Å². The van der Waals surface area contributed by atoms with Crippen LogP contribution in [0.1, 0.15) is 19.2 Å². The average Bonchev–Trinajstić information content (AvgIpc) is 3.17. The number of nitrogens with zero attached hydrogens (tertiary/aromatic N) is 3. The quantitative estimate of drug-likeness (QED) is 0.734. The summed E-state index contributed by atoms with van der Waals surface area (Å²) in [7, 11) is 1.89. The van der Waals surface area contributed by atoms with E-state index < -0.39 is 6.04 Å². The standard InChI is InChI=1S/C15H21N5O3S/c1-10(21)17-11(6-8-24-3)15(22)16-9-13-18-14(19-23-13)12-5-4-7-20(12)2/h4-5,7,11H,6,8-9H2,1-3H3,(H,16,22)(H,17,21). The summed E-state index contributed by atoms with van der Waals surface area (Å²) < 4.78 is 7.03. The number of carbonyl (C=O) groups is 2. The number of carbonyl (C=O) groups excluding carboxylic acids is 2. The maximum absolute atomic E-state index is 12.2. The van der Waals surface area contributed by atoms with Crippen LogP contribution in [0.2, 0.25) is 0 Å². The molecule has 0 radical (unpaired) electrons. The maximum Gasteiger partial charge on any atom is 0.246 e. The Kier molecular flexibility index (Phi) is 6.42. The monoisotopic (exact) mass is 351 g/mol. The van der Waals surface area contributed by atoms with Crippen molar-refractivity contribution in [3.8, 4) is 11.5 Å². The zero-order valence-electron chi connectivity index (χ0n) is 13.9. The molecule has 0 bridgehead atoms. The Morgan fingerprint density at radius 3 is 2.88 bits per heavy atom. The van der Waals surface area contributed by atoms with Crippen molar-refractivity contribution < 1.29 is 14.1 Å². The highest BCUT2D eigenvalue weighted by Gasteiger charge is 2.19. The van der Waals surface area contributed by atoms with Gasteiger partial charge in [0.25, 0.3) is 0 Å². The molecule has 0 aliphatic carbocycles. The van der Waals surface area contributed by atoms with E-state index >= 15 is 0 Å². The fraction of sp³-hybridized carbons (Fsp3) is 0.467. The van der Waals surface area contributed by atoms with E-state index in [-0.39, 0.29) is 18.4 Å². The highest BCUT2D eigenvalue weighted by molar-refractivity contribution is 7.98. The molecule has 130 valence electrons. The van der Waals surface area contributed by atoms with E-state index in [1.165, 1.54) is 6.92 Å². The lowest BCUT2D eigenvalue weighted by atomic mass is 10.2. The third kappa shape index (κ3) is 4.85. The number of amides is 2. The first-order valence-corrected chi connectivity index (χ1v) is 8.88. The van der Waals surface area contributed by atoms with E-state index in [0.29, 0.717) is 18.1 Å². The van der Waals surface area contributed by atoms with Crippen molar-refractivity contribution in [2.75, 3.05) is 12.0 Å². The fourth-order valence-corrected chi connectivity index (χ4v) is 2.63. The number of rotatable bonds is 8. The molecule has 0 saturated carbocycles. The smallest absolute Gasteiger partial charge is 0.246 e. The molecule has 2 amide bonds. The summed E-state index contributed by atoms with van der Waals surface area (Å²) in [4.78, 5) is 27.7. The van der Waals surface area contributed by atoms with Gasteiger partial charge in [0.15, 0.2) is 0 Å². The molecule has 9 heteroatoms. The molecule has 2 aromatic rings. The Balaban J connectivity index is 1.94. The number of aryl methyl sites for hydroxylation is 1. The van der Waals surface area contributed by atoms with Gasteiger partial charge < -0.3 is 19.7 Å².